The van der Waals surface area contributed by atoms with Crippen LogP contribution in [0, 0.1) is 6.92 Å². The Morgan fingerprint density at radius 1 is 1.10 bits per heavy atom. The Balaban J connectivity index is 1.75. The van der Waals surface area contributed by atoms with Gasteiger partial charge in [-0.05, 0) is 30.2 Å². The Labute approximate surface area is 179 Å². The van der Waals surface area contributed by atoms with Crippen molar-refractivity contribution in [1.82, 2.24) is 14.1 Å². The summed E-state index contributed by atoms with van der Waals surface area (Å²) in [5.41, 5.74) is 4.31. The zero-order valence-electron chi connectivity index (χ0n) is 17.5. The van der Waals surface area contributed by atoms with Crippen LogP contribution in [0.2, 0.25) is 0 Å². The summed E-state index contributed by atoms with van der Waals surface area (Å²) in [5.74, 6) is -0.214. The van der Waals surface area contributed by atoms with Crippen molar-refractivity contribution in [1.29, 1.82) is 0 Å². The number of methoxy groups -OCH3 is 1. The van der Waals surface area contributed by atoms with E-state index in [4.69, 9.17) is 4.74 Å². The topological polar surface area (TPSA) is 78.2 Å². The monoisotopic (exact) mass is 416 g/mol. The molecule has 7 nitrogen and oxygen atoms in total. The van der Waals surface area contributed by atoms with Gasteiger partial charge in [0.15, 0.2) is 0 Å². The Morgan fingerprint density at radius 3 is 2.65 bits per heavy atom. The van der Waals surface area contributed by atoms with Gasteiger partial charge in [0.2, 0.25) is 5.91 Å². The SMILES string of the molecule is COCCn1cnc2c(-c3ccccc3)cn(CC(=O)Nc3cccc(C)c3)c2c1=O. The number of fused-ring (bicyclic) bond motifs is 1. The molecule has 0 saturated carbocycles. The highest BCUT2D eigenvalue weighted by Gasteiger charge is 2.18. The molecule has 0 fully saturated rings. The van der Waals surface area contributed by atoms with Crippen LogP contribution in [-0.4, -0.2) is 33.7 Å². The van der Waals surface area contributed by atoms with E-state index in [1.807, 2.05) is 67.7 Å². The van der Waals surface area contributed by atoms with E-state index in [-0.39, 0.29) is 18.0 Å². The largest absolute Gasteiger partial charge is 0.383 e. The molecule has 2 aromatic carbocycles. The quantitative estimate of drug-likeness (QED) is 0.501. The van der Waals surface area contributed by atoms with Crippen LogP contribution in [0.5, 0.6) is 0 Å². The van der Waals surface area contributed by atoms with Gasteiger partial charge in [-0.1, -0.05) is 42.5 Å². The predicted octanol–water partition coefficient (Wildman–Crippen LogP) is 3.46. The number of hydrogen-bond donors (Lipinski definition) is 1. The van der Waals surface area contributed by atoms with Crippen molar-refractivity contribution in [3.05, 3.63) is 83.0 Å². The lowest BCUT2D eigenvalue weighted by atomic mass is 10.1. The minimum absolute atomic E-state index is 0.00247. The molecule has 0 atom stereocenters. The zero-order valence-corrected chi connectivity index (χ0v) is 17.5. The van der Waals surface area contributed by atoms with Crippen molar-refractivity contribution >= 4 is 22.6 Å². The first-order chi connectivity index (χ1) is 15.1. The Bertz CT molecular complexity index is 1280. The molecule has 4 aromatic rings. The second-order valence-electron chi connectivity index (χ2n) is 7.39. The zero-order chi connectivity index (χ0) is 21.8. The fourth-order valence-corrected chi connectivity index (χ4v) is 3.60. The highest BCUT2D eigenvalue weighted by atomic mass is 16.5. The van der Waals surface area contributed by atoms with Gasteiger partial charge in [0.05, 0.1) is 19.5 Å². The van der Waals surface area contributed by atoms with Crippen LogP contribution < -0.4 is 10.9 Å². The first-order valence-electron chi connectivity index (χ1n) is 10.1. The first-order valence-corrected chi connectivity index (χ1v) is 10.1. The van der Waals surface area contributed by atoms with Gasteiger partial charge in [-0.3, -0.25) is 14.2 Å². The fourth-order valence-electron chi connectivity index (χ4n) is 3.60. The highest BCUT2D eigenvalue weighted by molar-refractivity contribution is 5.95. The summed E-state index contributed by atoms with van der Waals surface area (Å²) < 4.78 is 8.29. The summed E-state index contributed by atoms with van der Waals surface area (Å²) in [6, 6.07) is 17.3. The van der Waals surface area contributed by atoms with E-state index < -0.39 is 0 Å². The van der Waals surface area contributed by atoms with Crippen LogP contribution in [-0.2, 0) is 22.6 Å². The first kappa shape index (κ1) is 20.6. The summed E-state index contributed by atoms with van der Waals surface area (Å²) in [4.78, 5) is 30.5. The van der Waals surface area contributed by atoms with E-state index in [2.05, 4.69) is 10.3 Å². The van der Waals surface area contributed by atoms with Crippen LogP contribution in [0.15, 0.2) is 71.9 Å². The van der Waals surface area contributed by atoms with Gasteiger partial charge in [-0.25, -0.2) is 4.98 Å². The van der Waals surface area contributed by atoms with Crippen LogP contribution in [0.3, 0.4) is 0 Å². The highest BCUT2D eigenvalue weighted by Crippen LogP contribution is 2.27. The van der Waals surface area contributed by atoms with Gasteiger partial charge in [0.1, 0.15) is 17.6 Å². The third-order valence-electron chi connectivity index (χ3n) is 5.08. The molecule has 31 heavy (non-hydrogen) atoms. The average Bonchev–Trinajstić information content (AvgIpc) is 3.13. The molecule has 0 saturated heterocycles. The van der Waals surface area contributed by atoms with Gasteiger partial charge in [-0.2, -0.15) is 0 Å². The van der Waals surface area contributed by atoms with Gasteiger partial charge >= 0.3 is 0 Å². The minimum atomic E-state index is -0.214. The maximum Gasteiger partial charge on any atom is 0.277 e. The minimum Gasteiger partial charge on any atom is -0.383 e. The van der Waals surface area contributed by atoms with Crippen molar-refractivity contribution in [2.45, 2.75) is 20.0 Å². The maximum absolute atomic E-state index is 13.2. The van der Waals surface area contributed by atoms with Crippen LogP contribution in [0.25, 0.3) is 22.2 Å². The van der Waals surface area contributed by atoms with E-state index in [1.165, 1.54) is 10.9 Å². The van der Waals surface area contributed by atoms with E-state index >= 15 is 0 Å². The van der Waals surface area contributed by atoms with Gasteiger partial charge < -0.3 is 14.6 Å². The number of carbonyl (C=O) groups excluding carboxylic acids is 1. The number of carbonyl (C=O) groups is 1. The second-order valence-corrected chi connectivity index (χ2v) is 7.39. The number of nitrogens with zero attached hydrogens (tertiary/aromatic N) is 3. The third kappa shape index (κ3) is 4.41. The molecule has 158 valence electrons. The van der Waals surface area contributed by atoms with E-state index in [1.54, 1.807) is 11.7 Å². The van der Waals surface area contributed by atoms with Gasteiger partial charge in [-0.15, -0.1) is 0 Å². The lowest BCUT2D eigenvalue weighted by Crippen LogP contribution is -2.26. The molecule has 0 aliphatic rings. The van der Waals surface area contributed by atoms with Crippen molar-refractivity contribution in [2.24, 2.45) is 0 Å². The molecule has 1 N–H and O–H groups in total. The average molecular weight is 416 g/mol. The number of benzene rings is 2. The number of rotatable bonds is 7. The lowest BCUT2D eigenvalue weighted by Gasteiger charge is -2.09. The second kappa shape index (κ2) is 8.97. The Hall–Kier alpha value is -3.71. The Kier molecular flexibility index (Phi) is 5.95. The third-order valence-corrected chi connectivity index (χ3v) is 5.08. The molecule has 0 aliphatic carbocycles. The number of anilines is 1. The molecular formula is C24H24N4O3. The van der Waals surface area contributed by atoms with Crippen molar-refractivity contribution in [3.8, 4) is 11.1 Å². The van der Waals surface area contributed by atoms with Crippen LogP contribution in [0.1, 0.15) is 5.56 Å². The van der Waals surface area contributed by atoms with E-state index in [0.29, 0.717) is 24.2 Å². The number of amides is 1. The summed E-state index contributed by atoms with van der Waals surface area (Å²) in [7, 11) is 1.59. The molecule has 1 amide bonds. The molecule has 0 unspecified atom stereocenters. The summed E-state index contributed by atoms with van der Waals surface area (Å²) >= 11 is 0. The molecule has 0 radical (unpaired) electrons. The molecule has 0 spiro atoms. The smallest absolute Gasteiger partial charge is 0.277 e. The van der Waals surface area contributed by atoms with E-state index in [9.17, 15) is 9.59 Å². The normalized spacial score (nSPS) is 11.0. The summed E-state index contributed by atoms with van der Waals surface area (Å²) in [5, 5.41) is 2.90. The van der Waals surface area contributed by atoms with Crippen LogP contribution in [0.4, 0.5) is 5.69 Å². The number of hydrogen-bond acceptors (Lipinski definition) is 4. The van der Waals surface area contributed by atoms with Crippen molar-refractivity contribution in [2.75, 3.05) is 19.0 Å². The fraction of sp³-hybridized carbons (Fsp3) is 0.208. The van der Waals surface area contributed by atoms with Gasteiger partial charge in [0.25, 0.3) is 5.56 Å². The molecule has 4 rings (SSSR count). The predicted molar refractivity (Wildman–Crippen MR) is 121 cm³/mol. The van der Waals surface area contributed by atoms with Gasteiger partial charge in [0, 0.05) is 24.6 Å². The van der Waals surface area contributed by atoms with Crippen LogP contribution >= 0.6 is 0 Å². The molecule has 0 bridgehead atoms. The van der Waals surface area contributed by atoms with E-state index in [0.717, 1.165) is 22.4 Å². The maximum atomic E-state index is 13.2. The Morgan fingerprint density at radius 2 is 1.90 bits per heavy atom. The van der Waals surface area contributed by atoms with Crippen molar-refractivity contribution in [3.63, 3.8) is 0 Å². The summed E-state index contributed by atoms with van der Waals surface area (Å²) in [6.45, 7) is 2.75. The summed E-state index contributed by atoms with van der Waals surface area (Å²) in [6.07, 6.45) is 3.36. The molecular weight excluding hydrogens is 392 g/mol. The molecule has 7 heteroatoms. The number of aromatic nitrogens is 3. The van der Waals surface area contributed by atoms with Crippen molar-refractivity contribution < 1.29 is 9.53 Å². The number of ether oxygens (including phenoxy) is 1. The molecule has 2 aromatic heterocycles. The lowest BCUT2D eigenvalue weighted by molar-refractivity contribution is -0.116. The molecule has 0 aliphatic heterocycles. The standard InChI is InChI=1S/C24H24N4O3/c1-17-7-6-10-19(13-17)26-21(29)15-28-14-20(18-8-4-3-5-9-18)22-23(28)24(30)27(16-25-22)11-12-31-2/h3-10,13-14,16H,11-12,15H2,1-2H3,(H,26,29). The number of aryl methyl sites for hydroxylation is 1. The number of nitrogens with one attached hydrogen (secondary N) is 1. The molecule has 2 heterocycles.